The fourth-order valence-electron chi connectivity index (χ4n) is 2.99. The summed E-state index contributed by atoms with van der Waals surface area (Å²) in [6.45, 7) is 5.85. The summed E-state index contributed by atoms with van der Waals surface area (Å²) < 4.78 is 5.83. The van der Waals surface area contributed by atoms with Crippen molar-refractivity contribution in [2.75, 3.05) is 40.3 Å². The summed E-state index contributed by atoms with van der Waals surface area (Å²) in [7, 11) is 3.96. The van der Waals surface area contributed by atoms with Crippen LogP contribution in [-0.4, -0.2) is 68.0 Å². The molecule has 0 atom stereocenters. The number of nitrogens with one attached hydrogen (secondary N) is 2. The number of carbonyl (C=O) groups is 1. The van der Waals surface area contributed by atoms with Crippen LogP contribution in [0.5, 0.6) is 5.75 Å². The molecule has 2 aliphatic heterocycles. The Morgan fingerprint density at radius 3 is 2.75 bits per heavy atom. The molecule has 2 aliphatic rings. The van der Waals surface area contributed by atoms with Crippen LogP contribution in [0.3, 0.4) is 0 Å². The number of nitrogens with zero attached hydrogens (tertiary/aromatic N) is 3. The van der Waals surface area contributed by atoms with Crippen LogP contribution in [0.25, 0.3) is 0 Å². The van der Waals surface area contributed by atoms with Crippen LogP contribution in [0.15, 0.2) is 51.9 Å². The molecule has 0 unspecified atom stereocenters. The molecule has 2 N–H and O–H groups in total. The molecule has 1 aromatic rings. The first-order chi connectivity index (χ1) is 13.4. The largest absolute Gasteiger partial charge is 0.491 e. The number of likely N-dealkylation sites (N-methyl/N-ethyl adjacent to an activating group) is 1. The van der Waals surface area contributed by atoms with Crippen LogP contribution in [0.4, 0.5) is 0 Å². The van der Waals surface area contributed by atoms with Crippen LogP contribution < -0.4 is 10.1 Å². The van der Waals surface area contributed by atoms with Crippen LogP contribution in [0, 0.1) is 5.41 Å². The van der Waals surface area contributed by atoms with E-state index in [1.165, 1.54) is 0 Å². The van der Waals surface area contributed by atoms with E-state index in [0.717, 1.165) is 23.4 Å². The summed E-state index contributed by atoms with van der Waals surface area (Å²) >= 11 is 0. The highest BCUT2D eigenvalue weighted by molar-refractivity contribution is 6.08. The topological polar surface area (TPSA) is 81.0 Å². The number of allylic oxidation sites excluding steroid dienone is 2. The summed E-state index contributed by atoms with van der Waals surface area (Å²) in [5, 5.41) is 11.6. The van der Waals surface area contributed by atoms with E-state index < -0.39 is 0 Å². The minimum Gasteiger partial charge on any atom is -0.491 e. The fourth-order valence-corrected chi connectivity index (χ4v) is 2.99. The third kappa shape index (κ3) is 4.31. The normalized spacial score (nSPS) is 19.5. The van der Waals surface area contributed by atoms with Crippen LogP contribution in [0.1, 0.15) is 24.2 Å². The monoisotopic (exact) mass is 381 g/mol. The molecule has 0 saturated carbocycles. The predicted molar refractivity (Wildman–Crippen MR) is 111 cm³/mol. The van der Waals surface area contributed by atoms with E-state index in [4.69, 9.17) is 10.1 Å². The Balaban J connectivity index is 1.76. The molecule has 0 aromatic heterocycles. The van der Waals surface area contributed by atoms with Gasteiger partial charge in [0.15, 0.2) is 0 Å². The Morgan fingerprint density at radius 2 is 2.04 bits per heavy atom. The van der Waals surface area contributed by atoms with Gasteiger partial charge in [0.2, 0.25) is 0 Å². The highest BCUT2D eigenvalue weighted by Crippen LogP contribution is 2.25. The van der Waals surface area contributed by atoms with Crippen molar-refractivity contribution in [3.05, 3.63) is 52.5 Å². The zero-order valence-electron chi connectivity index (χ0n) is 16.9. The minimum absolute atomic E-state index is 0.135. The number of hydrogen-bond acceptors (Lipinski definition) is 6. The van der Waals surface area contributed by atoms with Gasteiger partial charge in [0.25, 0.3) is 5.91 Å². The molecule has 148 valence electrons. The van der Waals surface area contributed by atoms with Crippen molar-refractivity contribution in [2.45, 2.75) is 13.8 Å². The summed E-state index contributed by atoms with van der Waals surface area (Å²) in [6.07, 6.45) is 1.79. The SMILES string of the molecule is CC1=C(C)N/C(=C2/CN(C(=O)c3ccccc3OCCN(C)C)CC2=N)N=C1. The summed E-state index contributed by atoms with van der Waals surface area (Å²) in [6, 6.07) is 7.28. The van der Waals surface area contributed by atoms with Gasteiger partial charge < -0.3 is 25.3 Å². The molecule has 28 heavy (non-hydrogen) atoms. The molecule has 0 aliphatic carbocycles. The molecule has 3 rings (SSSR count). The smallest absolute Gasteiger partial charge is 0.258 e. The van der Waals surface area contributed by atoms with Gasteiger partial charge in [-0.2, -0.15) is 0 Å². The summed E-state index contributed by atoms with van der Waals surface area (Å²) in [5.41, 5.74) is 3.75. The van der Waals surface area contributed by atoms with Crippen molar-refractivity contribution in [3.8, 4) is 5.75 Å². The van der Waals surface area contributed by atoms with E-state index in [0.29, 0.717) is 36.0 Å². The lowest BCUT2D eigenvalue weighted by atomic mass is 10.1. The van der Waals surface area contributed by atoms with Gasteiger partial charge in [-0.15, -0.1) is 0 Å². The van der Waals surface area contributed by atoms with Crippen LogP contribution in [0.2, 0.25) is 0 Å². The number of aliphatic imine (C=N–C) groups is 1. The Kier molecular flexibility index (Phi) is 5.94. The van der Waals surface area contributed by atoms with E-state index in [2.05, 4.69) is 10.3 Å². The number of para-hydroxylation sites is 1. The van der Waals surface area contributed by atoms with E-state index in [-0.39, 0.29) is 12.5 Å². The lowest BCUT2D eigenvalue weighted by molar-refractivity contribution is 0.0799. The first kappa shape index (κ1) is 19.8. The van der Waals surface area contributed by atoms with Crippen molar-refractivity contribution < 1.29 is 9.53 Å². The third-order valence-corrected chi connectivity index (χ3v) is 4.83. The zero-order valence-corrected chi connectivity index (χ0v) is 16.9. The molecule has 7 nitrogen and oxygen atoms in total. The predicted octanol–water partition coefficient (Wildman–Crippen LogP) is 2.28. The van der Waals surface area contributed by atoms with Gasteiger partial charge in [0.1, 0.15) is 18.2 Å². The summed E-state index contributed by atoms with van der Waals surface area (Å²) in [4.78, 5) is 21.2. The molecule has 1 fully saturated rings. The molecule has 0 radical (unpaired) electrons. The average Bonchev–Trinajstić information content (AvgIpc) is 3.05. The molecule has 1 amide bonds. The molecule has 7 heteroatoms. The van der Waals surface area contributed by atoms with Crippen molar-refractivity contribution in [2.24, 2.45) is 4.99 Å². The molecule has 1 saturated heterocycles. The highest BCUT2D eigenvalue weighted by Gasteiger charge is 2.31. The quantitative estimate of drug-likeness (QED) is 0.820. The first-order valence-corrected chi connectivity index (χ1v) is 9.32. The molecule has 0 spiro atoms. The van der Waals surface area contributed by atoms with Gasteiger partial charge >= 0.3 is 0 Å². The molecular weight excluding hydrogens is 354 g/mol. The number of rotatable bonds is 5. The highest BCUT2D eigenvalue weighted by atomic mass is 16.5. The Hall–Kier alpha value is -2.93. The maximum Gasteiger partial charge on any atom is 0.258 e. The second kappa shape index (κ2) is 8.39. The van der Waals surface area contributed by atoms with Gasteiger partial charge in [-0.25, -0.2) is 4.99 Å². The zero-order chi connectivity index (χ0) is 20.3. The average molecular weight is 381 g/mol. The molecule has 1 aromatic carbocycles. The number of benzene rings is 1. The van der Waals surface area contributed by atoms with Crippen LogP contribution >= 0.6 is 0 Å². The van der Waals surface area contributed by atoms with Gasteiger partial charge in [-0.05, 0) is 45.6 Å². The van der Waals surface area contributed by atoms with Crippen molar-refractivity contribution in [3.63, 3.8) is 0 Å². The van der Waals surface area contributed by atoms with E-state index >= 15 is 0 Å². The number of ether oxygens (including phenoxy) is 1. The Morgan fingerprint density at radius 1 is 1.29 bits per heavy atom. The minimum atomic E-state index is -0.135. The Bertz CT molecular complexity index is 883. The molecular formula is C21H27N5O2. The second-order valence-electron chi connectivity index (χ2n) is 7.31. The maximum absolute atomic E-state index is 13.1. The van der Waals surface area contributed by atoms with Crippen molar-refractivity contribution >= 4 is 17.8 Å². The van der Waals surface area contributed by atoms with Gasteiger partial charge in [0.05, 0.1) is 24.4 Å². The maximum atomic E-state index is 13.1. The van der Waals surface area contributed by atoms with Gasteiger partial charge in [-0.1, -0.05) is 12.1 Å². The van der Waals surface area contributed by atoms with E-state index in [1.807, 2.05) is 51.0 Å². The van der Waals surface area contributed by atoms with Crippen LogP contribution in [-0.2, 0) is 0 Å². The number of likely N-dealkylation sites (tertiary alicyclic amines) is 1. The number of hydrogen-bond donors (Lipinski definition) is 2. The Labute approximate surface area is 165 Å². The van der Waals surface area contributed by atoms with E-state index in [1.54, 1.807) is 17.2 Å². The lowest BCUT2D eigenvalue weighted by Crippen LogP contribution is -2.29. The lowest BCUT2D eigenvalue weighted by Gasteiger charge is -2.19. The number of carbonyl (C=O) groups excluding carboxylic acids is 1. The third-order valence-electron chi connectivity index (χ3n) is 4.83. The van der Waals surface area contributed by atoms with Crippen molar-refractivity contribution in [1.29, 1.82) is 5.41 Å². The second-order valence-corrected chi connectivity index (χ2v) is 7.31. The van der Waals surface area contributed by atoms with E-state index in [9.17, 15) is 4.79 Å². The molecule has 2 heterocycles. The summed E-state index contributed by atoms with van der Waals surface area (Å²) in [5.74, 6) is 1.09. The number of amides is 1. The van der Waals surface area contributed by atoms with Crippen molar-refractivity contribution in [1.82, 2.24) is 15.1 Å². The van der Waals surface area contributed by atoms with Gasteiger partial charge in [-0.3, -0.25) is 4.79 Å². The standard InChI is InChI=1S/C21H27N5O2/c1-14-11-23-20(24-15(14)2)17-12-26(13-18(17)22)21(27)16-7-5-6-8-19(16)28-10-9-25(3)4/h5-8,11,22,24H,9-10,12-13H2,1-4H3/b20-17-,22-18?. The first-order valence-electron chi connectivity index (χ1n) is 9.32. The fraction of sp³-hybridized carbons (Fsp3) is 0.381. The van der Waals surface area contributed by atoms with Gasteiger partial charge in [0, 0.05) is 24.0 Å². The molecule has 0 bridgehead atoms.